The van der Waals surface area contributed by atoms with E-state index in [0.717, 1.165) is 5.57 Å². The normalized spacial score (nSPS) is 12.8. The number of amides is 2. The van der Waals surface area contributed by atoms with Crippen LogP contribution in [0.4, 0.5) is 0 Å². The van der Waals surface area contributed by atoms with Crippen molar-refractivity contribution in [1.82, 2.24) is 10.2 Å². The van der Waals surface area contributed by atoms with Gasteiger partial charge in [0.15, 0.2) is 0 Å². The molecule has 0 aliphatic carbocycles. The lowest BCUT2D eigenvalue weighted by atomic mass is 9.95. The molecule has 1 unspecified atom stereocenters. The predicted octanol–water partition coefficient (Wildman–Crippen LogP) is 1.96. The first-order valence-electron chi connectivity index (χ1n) is 6.33. The molecule has 18 heavy (non-hydrogen) atoms. The third-order valence-electron chi connectivity index (χ3n) is 2.55. The van der Waals surface area contributed by atoms with E-state index in [1.54, 1.807) is 11.8 Å². The van der Waals surface area contributed by atoms with Gasteiger partial charge in [-0.15, -0.1) is 0 Å². The van der Waals surface area contributed by atoms with Crippen LogP contribution >= 0.6 is 0 Å². The molecule has 0 fully saturated rings. The number of hydrogen-bond acceptors (Lipinski definition) is 2. The van der Waals surface area contributed by atoms with Gasteiger partial charge in [0.2, 0.25) is 11.8 Å². The molecule has 104 valence electrons. The van der Waals surface area contributed by atoms with Gasteiger partial charge in [-0.25, -0.2) is 0 Å². The number of carbonyl (C=O) groups is 2. The van der Waals surface area contributed by atoms with E-state index >= 15 is 0 Å². The van der Waals surface area contributed by atoms with Gasteiger partial charge in [0.05, 0.1) is 0 Å². The van der Waals surface area contributed by atoms with Crippen LogP contribution in [0.2, 0.25) is 0 Å². The molecule has 0 aromatic carbocycles. The van der Waals surface area contributed by atoms with Gasteiger partial charge in [0.1, 0.15) is 6.04 Å². The van der Waals surface area contributed by atoms with Crippen molar-refractivity contribution < 1.29 is 9.59 Å². The SMILES string of the molecule is C=C(C)CN(CC)C(=O)C(C)NC(=O)C(C)(C)C. The van der Waals surface area contributed by atoms with E-state index in [1.807, 2.05) is 34.6 Å². The average Bonchev–Trinajstić information content (AvgIpc) is 2.23. The predicted molar refractivity (Wildman–Crippen MR) is 74.1 cm³/mol. The third kappa shape index (κ3) is 5.34. The Kier molecular flexibility index (Phi) is 6.09. The molecule has 0 radical (unpaired) electrons. The van der Waals surface area contributed by atoms with Crippen LogP contribution < -0.4 is 5.32 Å². The van der Waals surface area contributed by atoms with Gasteiger partial charge in [-0.1, -0.05) is 32.9 Å². The van der Waals surface area contributed by atoms with Crippen LogP contribution in [0.5, 0.6) is 0 Å². The molecule has 0 heterocycles. The number of carbonyl (C=O) groups excluding carboxylic acids is 2. The summed E-state index contributed by atoms with van der Waals surface area (Å²) in [6.07, 6.45) is 0. The number of likely N-dealkylation sites (N-methyl/N-ethyl adjacent to an activating group) is 1. The Morgan fingerprint density at radius 1 is 1.33 bits per heavy atom. The lowest BCUT2D eigenvalue weighted by Gasteiger charge is -2.27. The fourth-order valence-electron chi connectivity index (χ4n) is 1.42. The Hall–Kier alpha value is -1.32. The fraction of sp³-hybridized carbons (Fsp3) is 0.714. The monoisotopic (exact) mass is 254 g/mol. The molecule has 0 rings (SSSR count). The Balaban J connectivity index is 4.58. The summed E-state index contributed by atoms with van der Waals surface area (Å²) in [5.74, 6) is -0.187. The summed E-state index contributed by atoms with van der Waals surface area (Å²) in [7, 11) is 0. The first-order valence-corrected chi connectivity index (χ1v) is 6.33. The van der Waals surface area contributed by atoms with Gasteiger partial charge >= 0.3 is 0 Å². The lowest BCUT2D eigenvalue weighted by molar-refractivity contribution is -0.137. The molecule has 0 aromatic heterocycles. The van der Waals surface area contributed by atoms with Crippen molar-refractivity contribution in [3.8, 4) is 0 Å². The van der Waals surface area contributed by atoms with E-state index in [0.29, 0.717) is 13.1 Å². The number of hydrogen-bond donors (Lipinski definition) is 1. The smallest absolute Gasteiger partial charge is 0.245 e. The summed E-state index contributed by atoms with van der Waals surface area (Å²) < 4.78 is 0. The second kappa shape index (κ2) is 6.57. The van der Waals surface area contributed by atoms with Crippen LogP contribution in [0.15, 0.2) is 12.2 Å². The zero-order chi connectivity index (χ0) is 14.5. The third-order valence-corrected chi connectivity index (χ3v) is 2.55. The van der Waals surface area contributed by atoms with Crippen LogP contribution in [0.3, 0.4) is 0 Å². The second-order valence-electron chi connectivity index (χ2n) is 5.75. The molecule has 0 aliphatic rings. The standard InChI is InChI=1S/C14H26N2O2/c1-8-16(9-10(2)3)12(17)11(4)15-13(18)14(5,6)7/h11H,2,8-9H2,1,3-7H3,(H,15,18). The average molecular weight is 254 g/mol. The van der Waals surface area contributed by atoms with Gasteiger partial charge in [-0.3, -0.25) is 9.59 Å². The maximum atomic E-state index is 12.1. The topological polar surface area (TPSA) is 49.4 Å². The van der Waals surface area contributed by atoms with Crippen molar-refractivity contribution in [3.63, 3.8) is 0 Å². The minimum Gasteiger partial charge on any atom is -0.344 e. The quantitative estimate of drug-likeness (QED) is 0.762. The first kappa shape index (κ1) is 16.7. The second-order valence-corrected chi connectivity index (χ2v) is 5.75. The Labute approximate surface area is 110 Å². The van der Waals surface area contributed by atoms with Crippen LogP contribution in [-0.4, -0.2) is 35.8 Å². The number of nitrogens with one attached hydrogen (secondary N) is 1. The Bertz CT molecular complexity index is 329. The van der Waals surface area contributed by atoms with Crippen molar-refractivity contribution >= 4 is 11.8 Å². The largest absolute Gasteiger partial charge is 0.344 e. The van der Waals surface area contributed by atoms with Gasteiger partial charge in [-0.2, -0.15) is 0 Å². The summed E-state index contributed by atoms with van der Waals surface area (Å²) in [4.78, 5) is 25.6. The molecule has 0 aliphatic heterocycles. The summed E-state index contributed by atoms with van der Waals surface area (Å²) in [5.41, 5.74) is 0.444. The van der Waals surface area contributed by atoms with E-state index in [2.05, 4.69) is 11.9 Å². The molecule has 4 nitrogen and oxygen atoms in total. The molecule has 0 spiro atoms. The minimum atomic E-state index is -0.504. The molecular formula is C14H26N2O2. The summed E-state index contributed by atoms with van der Waals surface area (Å²) >= 11 is 0. The molecule has 0 aromatic rings. The highest BCUT2D eigenvalue weighted by atomic mass is 16.2. The summed E-state index contributed by atoms with van der Waals surface area (Å²) in [6.45, 7) is 15.9. The maximum Gasteiger partial charge on any atom is 0.245 e. The fourth-order valence-corrected chi connectivity index (χ4v) is 1.42. The summed E-state index contributed by atoms with van der Waals surface area (Å²) in [6, 6.07) is -0.504. The van der Waals surface area contributed by atoms with Crippen LogP contribution in [0.25, 0.3) is 0 Å². The first-order chi connectivity index (χ1) is 8.09. The van der Waals surface area contributed by atoms with E-state index in [-0.39, 0.29) is 11.8 Å². The van der Waals surface area contributed by atoms with Crippen molar-refractivity contribution in [2.24, 2.45) is 5.41 Å². The highest BCUT2D eigenvalue weighted by Gasteiger charge is 2.26. The highest BCUT2D eigenvalue weighted by molar-refractivity contribution is 5.89. The Morgan fingerprint density at radius 2 is 1.83 bits per heavy atom. The van der Waals surface area contributed by atoms with Crippen molar-refractivity contribution in [1.29, 1.82) is 0 Å². The number of nitrogens with zero attached hydrogens (tertiary/aromatic N) is 1. The minimum absolute atomic E-state index is 0.0712. The maximum absolute atomic E-state index is 12.1. The van der Waals surface area contributed by atoms with Crippen LogP contribution in [0.1, 0.15) is 41.5 Å². The molecular weight excluding hydrogens is 228 g/mol. The van der Waals surface area contributed by atoms with Crippen molar-refractivity contribution in [2.45, 2.75) is 47.6 Å². The van der Waals surface area contributed by atoms with Crippen LogP contribution in [0, 0.1) is 5.41 Å². The van der Waals surface area contributed by atoms with E-state index < -0.39 is 11.5 Å². The number of rotatable bonds is 5. The highest BCUT2D eigenvalue weighted by Crippen LogP contribution is 2.13. The molecule has 2 amide bonds. The van der Waals surface area contributed by atoms with Gasteiger partial charge in [-0.05, 0) is 20.8 Å². The van der Waals surface area contributed by atoms with E-state index in [1.165, 1.54) is 0 Å². The molecule has 0 bridgehead atoms. The van der Waals surface area contributed by atoms with Gasteiger partial charge < -0.3 is 10.2 Å². The summed E-state index contributed by atoms with van der Waals surface area (Å²) in [5, 5.41) is 2.75. The lowest BCUT2D eigenvalue weighted by Crippen LogP contribution is -2.49. The van der Waals surface area contributed by atoms with Crippen molar-refractivity contribution in [3.05, 3.63) is 12.2 Å². The zero-order valence-corrected chi connectivity index (χ0v) is 12.5. The van der Waals surface area contributed by atoms with Gasteiger partial charge in [0.25, 0.3) is 0 Å². The molecule has 1 N–H and O–H groups in total. The molecule has 1 atom stereocenters. The van der Waals surface area contributed by atoms with Crippen LogP contribution in [-0.2, 0) is 9.59 Å². The molecule has 4 heteroatoms. The zero-order valence-electron chi connectivity index (χ0n) is 12.5. The Morgan fingerprint density at radius 3 is 2.17 bits per heavy atom. The molecule has 0 saturated heterocycles. The van der Waals surface area contributed by atoms with E-state index in [9.17, 15) is 9.59 Å². The molecule has 0 saturated carbocycles. The van der Waals surface area contributed by atoms with Gasteiger partial charge in [0, 0.05) is 18.5 Å². The van der Waals surface area contributed by atoms with Crippen molar-refractivity contribution in [2.75, 3.05) is 13.1 Å². The van der Waals surface area contributed by atoms with E-state index in [4.69, 9.17) is 0 Å².